The van der Waals surface area contributed by atoms with E-state index in [1.165, 1.54) is 17.2 Å². The lowest BCUT2D eigenvalue weighted by atomic mass is 9.89. The van der Waals surface area contributed by atoms with Gasteiger partial charge in [0.05, 0.1) is 6.21 Å². The number of benzene rings is 3. The van der Waals surface area contributed by atoms with Crippen LogP contribution < -0.4 is 5.43 Å². The van der Waals surface area contributed by atoms with Crippen LogP contribution in [0, 0.1) is 5.92 Å². The second-order valence-corrected chi connectivity index (χ2v) is 6.80. The second-order valence-electron chi connectivity index (χ2n) is 6.80. The summed E-state index contributed by atoms with van der Waals surface area (Å²) in [5.74, 6) is 0.177. The summed E-state index contributed by atoms with van der Waals surface area (Å²) in [7, 11) is 0. The van der Waals surface area contributed by atoms with E-state index in [9.17, 15) is 4.79 Å². The molecule has 0 heterocycles. The van der Waals surface area contributed by atoms with Crippen molar-refractivity contribution in [3.63, 3.8) is 0 Å². The maximum Gasteiger partial charge on any atom is 0.243 e. The van der Waals surface area contributed by atoms with Crippen molar-refractivity contribution in [2.75, 3.05) is 0 Å². The topological polar surface area (TPSA) is 41.5 Å². The van der Waals surface area contributed by atoms with E-state index in [-0.39, 0.29) is 11.8 Å². The van der Waals surface area contributed by atoms with Gasteiger partial charge in [0, 0.05) is 11.5 Å². The predicted octanol–water partition coefficient (Wildman–Crippen LogP) is 5.02. The minimum absolute atomic E-state index is 0.0560. The monoisotopic (exact) mass is 330 g/mol. The number of nitrogens with zero attached hydrogens (tertiary/aromatic N) is 1. The van der Waals surface area contributed by atoms with Crippen molar-refractivity contribution in [3.8, 4) is 0 Å². The third kappa shape index (κ3) is 3.27. The van der Waals surface area contributed by atoms with Gasteiger partial charge in [0.25, 0.3) is 0 Å². The van der Waals surface area contributed by atoms with Gasteiger partial charge >= 0.3 is 0 Å². The Labute approximate surface area is 147 Å². The van der Waals surface area contributed by atoms with Gasteiger partial charge in [-0.2, -0.15) is 5.10 Å². The van der Waals surface area contributed by atoms with Crippen molar-refractivity contribution < 1.29 is 4.79 Å². The molecule has 1 amide bonds. The number of carbonyl (C=O) groups excluding carboxylic acids is 1. The van der Waals surface area contributed by atoms with E-state index >= 15 is 0 Å². The van der Waals surface area contributed by atoms with Crippen LogP contribution in [0.5, 0.6) is 0 Å². The Morgan fingerprint density at radius 3 is 2.16 bits per heavy atom. The largest absolute Gasteiger partial charge is 0.273 e. The van der Waals surface area contributed by atoms with Gasteiger partial charge in [0.1, 0.15) is 0 Å². The SMILES string of the molecule is O=C(NN=Cc1c2ccccc2cc2ccccc12)C1CCCCC1. The number of amides is 1. The summed E-state index contributed by atoms with van der Waals surface area (Å²) >= 11 is 0. The lowest BCUT2D eigenvalue weighted by molar-refractivity contribution is -0.125. The van der Waals surface area contributed by atoms with Crippen molar-refractivity contribution in [2.45, 2.75) is 32.1 Å². The number of nitrogens with one attached hydrogen (secondary N) is 1. The summed E-state index contributed by atoms with van der Waals surface area (Å²) in [5.41, 5.74) is 3.81. The molecule has 0 bridgehead atoms. The lowest BCUT2D eigenvalue weighted by Crippen LogP contribution is -2.28. The molecule has 0 aromatic heterocycles. The van der Waals surface area contributed by atoms with Crippen LogP contribution in [0.3, 0.4) is 0 Å². The molecule has 1 saturated carbocycles. The van der Waals surface area contributed by atoms with Gasteiger partial charge < -0.3 is 0 Å². The molecule has 0 saturated heterocycles. The molecule has 0 aliphatic heterocycles. The summed E-state index contributed by atoms with van der Waals surface area (Å²) in [6.45, 7) is 0. The van der Waals surface area contributed by atoms with E-state index < -0.39 is 0 Å². The number of rotatable bonds is 3. The smallest absolute Gasteiger partial charge is 0.243 e. The average Bonchev–Trinajstić information content (AvgIpc) is 2.68. The standard InChI is InChI=1S/C22H22N2O/c25-22(16-8-2-1-3-9-16)24-23-15-21-19-12-6-4-10-17(19)14-18-11-5-7-13-20(18)21/h4-7,10-16H,1-3,8-9H2,(H,24,25). The van der Waals surface area contributed by atoms with E-state index in [0.717, 1.165) is 42.0 Å². The van der Waals surface area contributed by atoms with Crippen LogP contribution in [0.25, 0.3) is 21.5 Å². The van der Waals surface area contributed by atoms with Gasteiger partial charge in [0.2, 0.25) is 5.91 Å². The van der Waals surface area contributed by atoms with Gasteiger partial charge in [-0.05, 0) is 40.5 Å². The van der Waals surface area contributed by atoms with Crippen LogP contribution in [0.15, 0.2) is 59.7 Å². The van der Waals surface area contributed by atoms with Crippen molar-refractivity contribution in [3.05, 3.63) is 60.2 Å². The molecule has 25 heavy (non-hydrogen) atoms. The van der Waals surface area contributed by atoms with Crippen molar-refractivity contribution >= 4 is 33.7 Å². The number of hydrazone groups is 1. The highest BCUT2D eigenvalue weighted by Crippen LogP contribution is 2.27. The fourth-order valence-corrected chi connectivity index (χ4v) is 3.80. The normalized spacial score (nSPS) is 15.8. The maximum atomic E-state index is 12.3. The first kappa shape index (κ1) is 15.8. The zero-order valence-electron chi connectivity index (χ0n) is 14.2. The van der Waals surface area contributed by atoms with Crippen molar-refractivity contribution in [1.82, 2.24) is 5.43 Å². The van der Waals surface area contributed by atoms with Crippen LogP contribution >= 0.6 is 0 Å². The van der Waals surface area contributed by atoms with E-state index in [4.69, 9.17) is 0 Å². The fourth-order valence-electron chi connectivity index (χ4n) is 3.80. The maximum absolute atomic E-state index is 12.3. The molecule has 4 rings (SSSR count). The summed E-state index contributed by atoms with van der Waals surface area (Å²) in [5, 5.41) is 8.96. The lowest BCUT2D eigenvalue weighted by Gasteiger charge is -2.19. The van der Waals surface area contributed by atoms with Gasteiger partial charge in [0.15, 0.2) is 0 Å². The first-order valence-electron chi connectivity index (χ1n) is 9.06. The molecule has 1 aliphatic rings. The van der Waals surface area contributed by atoms with Crippen molar-refractivity contribution in [1.29, 1.82) is 0 Å². The number of carbonyl (C=O) groups is 1. The van der Waals surface area contributed by atoms with Crippen LogP contribution in [0.2, 0.25) is 0 Å². The molecule has 3 nitrogen and oxygen atoms in total. The Hall–Kier alpha value is -2.68. The average molecular weight is 330 g/mol. The van der Waals surface area contributed by atoms with Crippen LogP contribution in [-0.4, -0.2) is 12.1 Å². The Morgan fingerprint density at radius 1 is 0.920 bits per heavy atom. The summed E-state index contributed by atoms with van der Waals surface area (Å²) < 4.78 is 0. The zero-order chi connectivity index (χ0) is 17.1. The van der Waals surface area contributed by atoms with E-state index in [2.05, 4.69) is 40.9 Å². The molecular formula is C22H22N2O. The number of hydrogen-bond donors (Lipinski definition) is 1. The molecular weight excluding hydrogens is 308 g/mol. The Morgan fingerprint density at radius 2 is 1.52 bits per heavy atom. The Kier molecular flexibility index (Phi) is 4.47. The molecule has 3 heteroatoms. The molecule has 0 spiro atoms. The Bertz CT molecular complexity index is 885. The third-order valence-electron chi connectivity index (χ3n) is 5.16. The first-order chi connectivity index (χ1) is 12.3. The summed E-state index contributed by atoms with van der Waals surface area (Å²) in [6, 6.07) is 18.8. The molecule has 126 valence electrons. The molecule has 3 aromatic rings. The third-order valence-corrected chi connectivity index (χ3v) is 5.16. The summed E-state index contributed by atoms with van der Waals surface area (Å²) in [4.78, 5) is 12.3. The quantitative estimate of drug-likeness (QED) is 0.409. The first-order valence-corrected chi connectivity index (χ1v) is 9.06. The molecule has 1 N–H and O–H groups in total. The highest BCUT2D eigenvalue weighted by atomic mass is 16.2. The fraction of sp³-hybridized carbons (Fsp3) is 0.273. The minimum atomic E-state index is 0.0560. The predicted molar refractivity (Wildman–Crippen MR) is 104 cm³/mol. The van der Waals surface area contributed by atoms with Crippen LogP contribution in [0.4, 0.5) is 0 Å². The molecule has 0 atom stereocenters. The zero-order valence-corrected chi connectivity index (χ0v) is 14.2. The molecule has 0 radical (unpaired) electrons. The molecule has 3 aromatic carbocycles. The summed E-state index contributed by atoms with van der Waals surface area (Å²) in [6.07, 6.45) is 7.31. The number of fused-ring (bicyclic) bond motifs is 2. The second kappa shape index (κ2) is 7.06. The Balaban J connectivity index is 1.66. The van der Waals surface area contributed by atoms with Crippen LogP contribution in [0.1, 0.15) is 37.7 Å². The van der Waals surface area contributed by atoms with Crippen molar-refractivity contribution in [2.24, 2.45) is 11.0 Å². The van der Waals surface area contributed by atoms with E-state index in [1.807, 2.05) is 24.3 Å². The minimum Gasteiger partial charge on any atom is -0.273 e. The van der Waals surface area contributed by atoms with Gasteiger partial charge in [-0.25, -0.2) is 5.43 Å². The van der Waals surface area contributed by atoms with Gasteiger partial charge in [-0.15, -0.1) is 0 Å². The molecule has 1 fully saturated rings. The van der Waals surface area contributed by atoms with Gasteiger partial charge in [-0.3, -0.25) is 4.79 Å². The molecule has 0 unspecified atom stereocenters. The highest BCUT2D eigenvalue weighted by molar-refractivity contribution is 6.13. The molecule has 1 aliphatic carbocycles. The van der Waals surface area contributed by atoms with E-state index in [0.29, 0.717) is 0 Å². The van der Waals surface area contributed by atoms with Crippen LogP contribution in [-0.2, 0) is 4.79 Å². The van der Waals surface area contributed by atoms with Gasteiger partial charge in [-0.1, -0.05) is 67.8 Å². The number of hydrogen-bond acceptors (Lipinski definition) is 2. The van der Waals surface area contributed by atoms with E-state index in [1.54, 1.807) is 6.21 Å². The highest BCUT2D eigenvalue weighted by Gasteiger charge is 2.20.